The summed E-state index contributed by atoms with van der Waals surface area (Å²) in [5, 5.41) is 10.0. The Hall–Kier alpha value is -3.24. The van der Waals surface area contributed by atoms with Gasteiger partial charge in [0, 0.05) is 31.0 Å². The summed E-state index contributed by atoms with van der Waals surface area (Å²) in [6.45, 7) is 2.01. The first kappa shape index (κ1) is 23.4. The Bertz CT molecular complexity index is 1190. The standard InChI is InChI=1S/C22H25N3O6S/c1-5-18(26)17-11-16(23-22(24-17)32(4,28)29)15-7-9-21(27)25(13-15)12-14-6-8-19(30-2)20(10-14)31-3/h6-11,13,21,27H,5,12H2,1-4H3. The van der Waals surface area contributed by atoms with Crippen LogP contribution in [0, 0.1) is 0 Å². The fourth-order valence-corrected chi connectivity index (χ4v) is 3.67. The minimum Gasteiger partial charge on any atom is -0.493 e. The van der Waals surface area contributed by atoms with Crippen LogP contribution >= 0.6 is 0 Å². The number of aliphatic hydroxyl groups is 1. The van der Waals surface area contributed by atoms with Crippen molar-refractivity contribution in [2.45, 2.75) is 31.3 Å². The maximum Gasteiger partial charge on any atom is 0.248 e. The third-order valence-corrected chi connectivity index (χ3v) is 5.69. The Morgan fingerprint density at radius 3 is 2.50 bits per heavy atom. The first-order chi connectivity index (χ1) is 15.2. The number of ketones is 1. The van der Waals surface area contributed by atoms with Crippen LogP contribution in [0.2, 0.25) is 0 Å². The smallest absolute Gasteiger partial charge is 0.248 e. The molecule has 1 atom stereocenters. The molecular formula is C22H25N3O6S. The van der Waals surface area contributed by atoms with Crippen LogP contribution < -0.4 is 9.47 Å². The molecule has 1 unspecified atom stereocenters. The highest BCUT2D eigenvalue weighted by Crippen LogP contribution is 2.29. The number of Topliss-reactive ketones (excluding diaryl/α,β-unsaturated/α-hetero) is 1. The zero-order valence-electron chi connectivity index (χ0n) is 18.3. The molecule has 3 rings (SSSR count). The number of aromatic nitrogens is 2. The third-order valence-electron chi connectivity index (χ3n) is 4.85. The number of sulfone groups is 1. The zero-order valence-corrected chi connectivity index (χ0v) is 19.1. The quantitative estimate of drug-likeness (QED) is 0.468. The van der Waals surface area contributed by atoms with E-state index in [2.05, 4.69) is 9.97 Å². The maximum atomic E-state index is 12.2. The van der Waals surface area contributed by atoms with Crippen LogP contribution in [0.25, 0.3) is 5.57 Å². The van der Waals surface area contributed by atoms with Gasteiger partial charge in [0.05, 0.1) is 19.9 Å². The SMILES string of the molecule is CCC(=O)c1cc(C2=CN(Cc3ccc(OC)c(OC)c3)C(O)C=C2)nc(S(C)(=O)=O)n1. The average molecular weight is 460 g/mol. The van der Waals surface area contributed by atoms with Crippen LogP contribution in [0.1, 0.15) is 35.1 Å². The van der Waals surface area contributed by atoms with E-state index in [9.17, 15) is 18.3 Å². The molecular weight excluding hydrogens is 434 g/mol. The van der Waals surface area contributed by atoms with Crippen molar-refractivity contribution in [2.75, 3.05) is 20.5 Å². The molecule has 9 nitrogen and oxygen atoms in total. The summed E-state index contributed by atoms with van der Waals surface area (Å²) in [6.07, 6.45) is 5.11. The van der Waals surface area contributed by atoms with Crippen LogP contribution in [-0.4, -0.2) is 60.9 Å². The summed E-state index contributed by atoms with van der Waals surface area (Å²) >= 11 is 0. The van der Waals surface area contributed by atoms with Gasteiger partial charge in [0.15, 0.2) is 17.3 Å². The Kier molecular flexibility index (Phi) is 6.95. The topological polar surface area (TPSA) is 119 Å². The van der Waals surface area contributed by atoms with Gasteiger partial charge in [-0.2, -0.15) is 0 Å². The molecule has 10 heteroatoms. The summed E-state index contributed by atoms with van der Waals surface area (Å²) in [6, 6.07) is 6.89. The first-order valence-electron chi connectivity index (χ1n) is 9.83. The van der Waals surface area contributed by atoms with Gasteiger partial charge in [0.2, 0.25) is 15.0 Å². The van der Waals surface area contributed by atoms with E-state index in [1.54, 1.807) is 50.5 Å². The molecule has 0 saturated heterocycles. The number of carbonyl (C=O) groups excluding carboxylic acids is 1. The minimum absolute atomic E-state index is 0.0322. The minimum atomic E-state index is -3.73. The van der Waals surface area contributed by atoms with E-state index in [0.29, 0.717) is 23.6 Å². The Morgan fingerprint density at radius 2 is 1.88 bits per heavy atom. The van der Waals surface area contributed by atoms with Crippen LogP contribution in [0.15, 0.2) is 47.8 Å². The number of ether oxygens (including phenoxy) is 2. The molecule has 0 fully saturated rings. The number of benzene rings is 1. The van der Waals surface area contributed by atoms with E-state index in [4.69, 9.17) is 9.47 Å². The lowest BCUT2D eigenvalue weighted by Gasteiger charge is -2.28. The van der Waals surface area contributed by atoms with E-state index in [1.165, 1.54) is 6.07 Å². The van der Waals surface area contributed by atoms with E-state index in [1.807, 2.05) is 12.1 Å². The number of aliphatic hydroxyl groups excluding tert-OH is 1. The van der Waals surface area contributed by atoms with Gasteiger partial charge >= 0.3 is 0 Å². The van der Waals surface area contributed by atoms with E-state index >= 15 is 0 Å². The largest absolute Gasteiger partial charge is 0.493 e. The normalized spacial score (nSPS) is 16.0. The van der Waals surface area contributed by atoms with E-state index in [-0.39, 0.29) is 23.6 Å². The molecule has 0 spiro atoms. The van der Waals surface area contributed by atoms with Gasteiger partial charge in [0.1, 0.15) is 11.9 Å². The van der Waals surface area contributed by atoms with Crippen molar-refractivity contribution >= 4 is 21.2 Å². The van der Waals surface area contributed by atoms with Crippen LogP contribution in [0.5, 0.6) is 11.5 Å². The van der Waals surface area contributed by atoms with Gasteiger partial charge < -0.3 is 19.5 Å². The first-order valence-corrected chi connectivity index (χ1v) is 11.7. The summed E-state index contributed by atoms with van der Waals surface area (Å²) in [5.41, 5.74) is 1.70. The molecule has 1 aromatic heterocycles. The van der Waals surface area contributed by atoms with Crippen molar-refractivity contribution in [3.05, 3.63) is 59.6 Å². The summed E-state index contributed by atoms with van der Waals surface area (Å²) in [5.74, 6) is 0.864. The van der Waals surface area contributed by atoms with Crippen molar-refractivity contribution in [3.63, 3.8) is 0 Å². The molecule has 32 heavy (non-hydrogen) atoms. The van der Waals surface area contributed by atoms with Gasteiger partial charge in [-0.1, -0.05) is 19.1 Å². The summed E-state index contributed by atoms with van der Waals surface area (Å²) < 4.78 is 34.7. The second kappa shape index (κ2) is 9.49. The van der Waals surface area contributed by atoms with Crippen LogP contribution in [-0.2, 0) is 16.4 Å². The number of carbonyl (C=O) groups is 1. The Morgan fingerprint density at radius 1 is 1.16 bits per heavy atom. The van der Waals surface area contributed by atoms with E-state index in [0.717, 1.165) is 11.8 Å². The number of allylic oxidation sites excluding steroid dienone is 2. The fourth-order valence-electron chi connectivity index (χ4n) is 3.14. The van der Waals surface area contributed by atoms with Gasteiger partial charge in [-0.05, 0) is 29.8 Å². The molecule has 0 saturated carbocycles. The van der Waals surface area contributed by atoms with Gasteiger partial charge in [0.25, 0.3) is 0 Å². The molecule has 1 N–H and O–H groups in total. The average Bonchev–Trinajstić information content (AvgIpc) is 2.78. The monoisotopic (exact) mass is 459 g/mol. The highest BCUT2D eigenvalue weighted by Gasteiger charge is 2.21. The highest BCUT2D eigenvalue weighted by atomic mass is 32.2. The number of rotatable bonds is 8. The summed E-state index contributed by atoms with van der Waals surface area (Å²) in [4.78, 5) is 21.9. The molecule has 0 radical (unpaired) electrons. The van der Waals surface area contributed by atoms with Crippen LogP contribution in [0.3, 0.4) is 0 Å². The predicted molar refractivity (Wildman–Crippen MR) is 118 cm³/mol. The molecule has 1 aliphatic heterocycles. The molecule has 0 amide bonds. The molecule has 1 aromatic carbocycles. The lowest BCUT2D eigenvalue weighted by Crippen LogP contribution is -2.30. The van der Waals surface area contributed by atoms with Crippen molar-refractivity contribution in [3.8, 4) is 11.5 Å². The molecule has 170 valence electrons. The molecule has 2 heterocycles. The van der Waals surface area contributed by atoms with Crippen molar-refractivity contribution in [1.82, 2.24) is 14.9 Å². The molecule has 1 aliphatic rings. The second-order valence-electron chi connectivity index (χ2n) is 7.19. The number of methoxy groups -OCH3 is 2. The van der Waals surface area contributed by atoms with Crippen molar-refractivity contribution in [2.24, 2.45) is 0 Å². The predicted octanol–water partition coefficient (Wildman–Crippen LogP) is 2.22. The van der Waals surface area contributed by atoms with Gasteiger partial charge in [-0.25, -0.2) is 18.4 Å². The molecule has 0 aliphatic carbocycles. The van der Waals surface area contributed by atoms with Gasteiger partial charge in [-0.3, -0.25) is 4.79 Å². The van der Waals surface area contributed by atoms with E-state index < -0.39 is 21.2 Å². The zero-order chi connectivity index (χ0) is 23.5. The lowest BCUT2D eigenvalue weighted by molar-refractivity contribution is 0.0729. The number of hydrogen-bond acceptors (Lipinski definition) is 9. The van der Waals surface area contributed by atoms with Crippen molar-refractivity contribution < 1.29 is 27.8 Å². The van der Waals surface area contributed by atoms with Crippen molar-refractivity contribution in [1.29, 1.82) is 0 Å². The second-order valence-corrected chi connectivity index (χ2v) is 9.10. The maximum absolute atomic E-state index is 12.2. The summed E-state index contributed by atoms with van der Waals surface area (Å²) in [7, 11) is -0.635. The number of hydrogen-bond donors (Lipinski definition) is 1. The highest BCUT2D eigenvalue weighted by molar-refractivity contribution is 7.90. The molecule has 2 aromatic rings. The number of nitrogens with zero attached hydrogens (tertiary/aromatic N) is 3. The lowest BCUT2D eigenvalue weighted by atomic mass is 10.1. The van der Waals surface area contributed by atoms with Gasteiger partial charge in [-0.15, -0.1) is 0 Å². The fraction of sp³-hybridized carbons (Fsp3) is 0.318. The third kappa shape index (κ3) is 5.14. The Balaban J connectivity index is 1.99. The molecule has 0 bridgehead atoms. The Labute approximate surface area is 186 Å². The van der Waals surface area contributed by atoms with Crippen LogP contribution in [0.4, 0.5) is 0 Å².